The number of carbonyl (C=O) groups is 1. The molecule has 1 aromatic carbocycles. The largest absolute Gasteiger partial charge is 0.353 e. The van der Waals surface area contributed by atoms with Crippen LogP contribution in [0.5, 0.6) is 0 Å². The smallest absolute Gasteiger partial charge is 0.242 e. The van der Waals surface area contributed by atoms with Gasteiger partial charge < -0.3 is 10.6 Å². The first-order valence-electron chi connectivity index (χ1n) is 8.14. The fourth-order valence-electron chi connectivity index (χ4n) is 2.22. The molecule has 1 amide bonds. The van der Waals surface area contributed by atoms with Crippen LogP contribution in [-0.4, -0.2) is 27.6 Å². The van der Waals surface area contributed by atoms with Crippen molar-refractivity contribution in [3.63, 3.8) is 0 Å². The number of anilines is 2. The van der Waals surface area contributed by atoms with Gasteiger partial charge in [0.05, 0.1) is 11.4 Å². The number of benzene rings is 1. The van der Waals surface area contributed by atoms with Crippen molar-refractivity contribution in [3.05, 3.63) is 40.7 Å². The monoisotopic (exact) mass is 347 g/mol. The van der Waals surface area contributed by atoms with Crippen molar-refractivity contribution in [3.8, 4) is 0 Å². The lowest BCUT2D eigenvalue weighted by Crippen LogP contribution is -2.15. The first-order chi connectivity index (χ1) is 11.6. The van der Waals surface area contributed by atoms with E-state index in [0.29, 0.717) is 30.4 Å². The van der Waals surface area contributed by atoms with Crippen molar-refractivity contribution in [1.82, 2.24) is 15.2 Å². The molecule has 128 valence electrons. The first-order valence-corrected chi connectivity index (χ1v) is 8.52. The highest BCUT2D eigenvalue weighted by Gasteiger charge is 2.06. The molecule has 6 nitrogen and oxygen atoms in total. The summed E-state index contributed by atoms with van der Waals surface area (Å²) in [7, 11) is 0. The number of hydrogen-bond acceptors (Lipinski definition) is 5. The van der Waals surface area contributed by atoms with Crippen molar-refractivity contribution in [2.75, 3.05) is 17.2 Å². The number of rotatable bonds is 8. The van der Waals surface area contributed by atoms with Crippen molar-refractivity contribution < 1.29 is 4.79 Å². The van der Waals surface area contributed by atoms with E-state index in [1.165, 1.54) is 0 Å². The zero-order valence-corrected chi connectivity index (χ0v) is 14.7. The molecule has 7 heteroatoms. The number of halogens is 1. The molecular formula is C17H22ClN5O. The van der Waals surface area contributed by atoms with Gasteiger partial charge >= 0.3 is 0 Å². The van der Waals surface area contributed by atoms with Gasteiger partial charge in [0.15, 0.2) is 0 Å². The lowest BCUT2D eigenvalue weighted by Gasteiger charge is -2.08. The molecule has 0 aliphatic carbocycles. The summed E-state index contributed by atoms with van der Waals surface area (Å²) in [5, 5.41) is 14.8. The summed E-state index contributed by atoms with van der Waals surface area (Å²) in [4.78, 5) is 16.3. The molecule has 0 bridgehead atoms. The third kappa shape index (κ3) is 5.45. The predicted molar refractivity (Wildman–Crippen MR) is 96.4 cm³/mol. The van der Waals surface area contributed by atoms with Gasteiger partial charge in [-0.05, 0) is 43.5 Å². The number of aromatic nitrogens is 3. The molecule has 0 aliphatic rings. The Balaban J connectivity index is 1.74. The normalized spacial score (nSPS) is 10.5. The Morgan fingerprint density at radius 1 is 1.08 bits per heavy atom. The van der Waals surface area contributed by atoms with Crippen LogP contribution in [0.25, 0.3) is 0 Å². The van der Waals surface area contributed by atoms with Gasteiger partial charge in [-0.2, -0.15) is 5.10 Å². The summed E-state index contributed by atoms with van der Waals surface area (Å²) >= 11 is 5.81. The number of aryl methyl sites for hydroxylation is 2. The van der Waals surface area contributed by atoms with Crippen LogP contribution in [0.1, 0.15) is 38.1 Å². The van der Waals surface area contributed by atoms with Crippen LogP contribution >= 0.6 is 11.6 Å². The zero-order chi connectivity index (χ0) is 17.4. The molecule has 2 N–H and O–H groups in total. The van der Waals surface area contributed by atoms with Crippen LogP contribution in [-0.2, 0) is 17.6 Å². The highest BCUT2D eigenvalue weighted by atomic mass is 35.5. The molecule has 1 aromatic heterocycles. The summed E-state index contributed by atoms with van der Waals surface area (Å²) < 4.78 is 0. The van der Waals surface area contributed by atoms with Crippen LogP contribution in [0.15, 0.2) is 24.3 Å². The minimum Gasteiger partial charge on any atom is -0.353 e. The predicted octanol–water partition coefficient (Wildman–Crippen LogP) is 3.48. The maximum atomic E-state index is 11.9. The highest BCUT2D eigenvalue weighted by molar-refractivity contribution is 6.30. The quantitative estimate of drug-likeness (QED) is 0.714. The molecule has 0 saturated carbocycles. The molecule has 0 radical (unpaired) electrons. The lowest BCUT2D eigenvalue weighted by molar-refractivity contribution is -0.116. The van der Waals surface area contributed by atoms with E-state index in [9.17, 15) is 4.79 Å². The van der Waals surface area contributed by atoms with E-state index in [-0.39, 0.29) is 5.91 Å². The van der Waals surface area contributed by atoms with Gasteiger partial charge in [-0.25, -0.2) is 4.98 Å². The summed E-state index contributed by atoms with van der Waals surface area (Å²) in [6.07, 6.45) is 2.75. The Labute approximate surface area is 147 Å². The first kappa shape index (κ1) is 18.1. The second-order valence-corrected chi connectivity index (χ2v) is 5.76. The van der Waals surface area contributed by atoms with E-state index < -0.39 is 0 Å². The van der Waals surface area contributed by atoms with Crippen molar-refractivity contribution in [1.29, 1.82) is 0 Å². The van der Waals surface area contributed by atoms with Gasteiger partial charge in [-0.3, -0.25) is 4.79 Å². The van der Waals surface area contributed by atoms with E-state index in [1.807, 2.05) is 13.8 Å². The fourth-order valence-corrected chi connectivity index (χ4v) is 2.34. The third-order valence-corrected chi connectivity index (χ3v) is 3.75. The number of carbonyl (C=O) groups excluding carboxylic acids is 1. The van der Waals surface area contributed by atoms with Gasteiger partial charge in [0.2, 0.25) is 11.9 Å². The van der Waals surface area contributed by atoms with Gasteiger partial charge in [-0.15, -0.1) is 5.10 Å². The molecule has 24 heavy (non-hydrogen) atoms. The summed E-state index contributed by atoms with van der Waals surface area (Å²) in [6, 6.07) is 7.04. The van der Waals surface area contributed by atoms with Gasteiger partial charge in [0.1, 0.15) is 0 Å². The Morgan fingerprint density at radius 2 is 1.79 bits per heavy atom. The van der Waals surface area contributed by atoms with Crippen molar-refractivity contribution >= 4 is 29.1 Å². The standard InChI is InChI=1S/C17H22ClN5O/c1-3-14-15(4-2)22-23-17(21-14)19-11-5-6-16(24)20-13-9-7-12(18)8-10-13/h7-10H,3-6,11H2,1-2H3,(H,20,24)(H,19,21,23). The Hall–Kier alpha value is -2.21. The SMILES string of the molecule is CCc1nnc(NCCCC(=O)Nc2ccc(Cl)cc2)nc1CC. The van der Waals surface area contributed by atoms with Crippen LogP contribution in [0.4, 0.5) is 11.6 Å². The molecule has 0 fully saturated rings. The fraction of sp³-hybridized carbons (Fsp3) is 0.412. The Kier molecular flexibility index (Phi) is 6.93. The Bertz CT molecular complexity index is 675. The maximum absolute atomic E-state index is 11.9. The van der Waals surface area contributed by atoms with Crippen LogP contribution < -0.4 is 10.6 Å². The minimum absolute atomic E-state index is 0.0336. The van der Waals surface area contributed by atoms with Crippen LogP contribution in [0, 0.1) is 0 Å². The van der Waals surface area contributed by atoms with E-state index in [0.717, 1.165) is 29.9 Å². The van der Waals surface area contributed by atoms with E-state index >= 15 is 0 Å². The molecule has 2 aromatic rings. The summed E-state index contributed by atoms with van der Waals surface area (Å²) in [5.41, 5.74) is 2.65. The Morgan fingerprint density at radius 3 is 2.46 bits per heavy atom. The minimum atomic E-state index is -0.0336. The molecule has 1 heterocycles. The van der Waals surface area contributed by atoms with Crippen molar-refractivity contribution in [2.24, 2.45) is 0 Å². The van der Waals surface area contributed by atoms with E-state index in [2.05, 4.69) is 25.8 Å². The number of amides is 1. The third-order valence-electron chi connectivity index (χ3n) is 3.50. The van der Waals surface area contributed by atoms with Crippen LogP contribution in [0.3, 0.4) is 0 Å². The molecular weight excluding hydrogens is 326 g/mol. The van der Waals surface area contributed by atoms with Crippen molar-refractivity contribution in [2.45, 2.75) is 39.5 Å². The second-order valence-electron chi connectivity index (χ2n) is 5.32. The summed E-state index contributed by atoms with van der Waals surface area (Å²) in [5.74, 6) is 0.482. The molecule has 0 unspecified atom stereocenters. The van der Waals surface area contributed by atoms with Gasteiger partial charge in [0.25, 0.3) is 0 Å². The number of hydrogen-bond donors (Lipinski definition) is 2. The zero-order valence-electron chi connectivity index (χ0n) is 14.0. The lowest BCUT2D eigenvalue weighted by atomic mass is 10.2. The average Bonchev–Trinajstić information content (AvgIpc) is 2.60. The molecule has 0 aliphatic heterocycles. The van der Waals surface area contributed by atoms with E-state index in [1.54, 1.807) is 24.3 Å². The maximum Gasteiger partial charge on any atom is 0.242 e. The van der Waals surface area contributed by atoms with E-state index in [4.69, 9.17) is 11.6 Å². The highest BCUT2D eigenvalue weighted by Crippen LogP contribution is 2.13. The molecule has 2 rings (SSSR count). The molecule has 0 atom stereocenters. The second kappa shape index (κ2) is 9.17. The number of nitrogens with one attached hydrogen (secondary N) is 2. The molecule has 0 saturated heterocycles. The topological polar surface area (TPSA) is 79.8 Å². The summed E-state index contributed by atoms with van der Waals surface area (Å²) in [6.45, 7) is 4.70. The molecule has 0 spiro atoms. The number of nitrogens with zero attached hydrogens (tertiary/aromatic N) is 3. The van der Waals surface area contributed by atoms with Gasteiger partial charge in [0, 0.05) is 23.7 Å². The average molecular weight is 348 g/mol. The van der Waals surface area contributed by atoms with Gasteiger partial charge in [-0.1, -0.05) is 25.4 Å². The van der Waals surface area contributed by atoms with Crippen LogP contribution in [0.2, 0.25) is 5.02 Å².